The molecule has 1 rings (SSSR count). The molecule has 0 fully saturated rings. The lowest BCUT2D eigenvalue weighted by Crippen LogP contribution is -2.42. The second-order valence-electron chi connectivity index (χ2n) is 5.56. The van der Waals surface area contributed by atoms with Gasteiger partial charge in [-0.05, 0) is 38.3 Å². The first-order valence-corrected chi connectivity index (χ1v) is 6.80. The van der Waals surface area contributed by atoms with Gasteiger partial charge < -0.3 is 10.1 Å². The molecule has 0 aliphatic heterocycles. The third-order valence-corrected chi connectivity index (χ3v) is 2.98. The Morgan fingerprint density at radius 3 is 2.15 bits per heavy atom. The molecule has 1 amide bonds. The molecule has 1 N–H and O–H groups in total. The molecule has 1 unspecified atom stereocenters. The van der Waals surface area contributed by atoms with Crippen LogP contribution in [-0.2, 0) is 9.53 Å². The molecule has 0 bridgehead atoms. The lowest BCUT2D eigenvalue weighted by Gasteiger charge is -2.18. The lowest BCUT2D eigenvalue weighted by molar-refractivity contribution is -0.143. The van der Waals surface area contributed by atoms with Crippen molar-refractivity contribution in [2.75, 3.05) is 7.11 Å². The molecule has 0 radical (unpaired) electrons. The number of aryl methyl sites for hydroxylation is 2. The van der Waals surface area contributed by atoms with Crippen LogP contribution in [0.3, 0.4) is 0 Å². The fraction of sp³-hybridized carbons (Fsp3) is 0.500. The number of hydrogen-bond acceptors (Lipinski definition) is 3. The Morgan fingerprint density at radius 2 is 1.70 bits per heavy atom. The summed E-state index contributed by atoms with van der Waals surface area (Å²) in [7, 11) is 1.33. The van der Waals surface area contributed by atoms with Crippen molar-refractivity contribution >= 4 is 11.9 Å². The van der Waals surface area contributed by atoms with Crippen molar-refractivity contribution in [3.8, 4) is 0 Å². The van der Waals surface area contributed by atoms with Gasteiger partial charge >= 0.3 is 5.97 Å². The van der Waals surface area contributed by atoms with Crippen LogP contribution in [0, 0.1) is 19.8 Å². The average Bonchev–Trinajstić information content (AvgIpc) is 2.35. The highest BCUT2D eigenvalue weighted by Gasteiger charge is 2.23. The standard InChI is InChI=1S/C16H23NO3/c1-10(2)6-14(16(19)20-5)17-15(18)13-8-11(3)7-12(4)9-13/h7-10,14H,6H2,1-5H3,(H,17,18). The molecule has 0 aliphatic rings. The molecule has 0 aliphatic carbocycles. The summed E-state index contributed by atoms with van der Waals surface area (Å²) in [6, 6.07) is 5.02. The first-order chi connectivity index (χ1) is 9.33. The SMILES string of the molecule is COC(=O)C(CC(C)C)NC(=O)c1cc(C)cc(C)c1. The molecular formula is C16H23NO3. The van der Waals surface area contributed by atoms with Crippen molar-refractivity contribution in [1.29, 1.82) is 0 Å². The molecule has 4 heteroatoms. The van der Waals surface area contributed by atoms with Crippen LogP contribution in [0.4, 0.5) is 0 Å². The van der Waals surface area contributed by atoms with Crippen molar-refractivity contribution in [3.63, 3.8) is 0 Å². The Kier molecular flexibility index (Phi) is 5.74. The lowest BCUT2D eigenvalue weighted by atomic mass is 10.0. The molecule has 1 aromatic carbocycles. The van der Waals surface area contributed by atoms with Gasteiger partial charge in [-0.2, -0.15) is 0 Å². The van der Waals surface area contributed by atoms with Crippen LogP contribution in [0.1, 0.15) is 41.8 Å². The van der Waals surface area contributed by atoms with Crippen molar-refractivity contribution in [1.82, 2.24) is 5.32 Å². The number of methoxy groups -OCH3 is 1. The minimum atomic E-state index is -0.603. The zero-order valence-corrected chi connectivity index (χ0v) is 12.8. The zero-order chi connectivity index (χ0) is 15.3. The van der Waals surface area contributed by atoms with Gasteiger partial charge in [-0.1, -0.05) is 31.0 Å². The van der Waals surface area contributed by atoms with E-state index in [4.69, 9.17) is 4.74 Å². The molecule has 1 atom stereocenters. The highest BCUT2D eigenvalue weighted by atomic mass is 16.5. The number of nitrogens with one attached hydrogen (secondary N) is 1. The molecule has 20 heavy (non-hydrogen) atoms. The Morgan fingerprint density at radius 1 is 1.15 bits per heavy atom. The van der Waals surface area contributed by atoms with Gasteiger partial charge in [0, 0.05) is 5.56 Å². The van der Waals surface area contributed by atoms with E-state index in [0.29, 0.717) is 17.9 Å². The monoisotopic (exact) mass is 277 g/mol. The van der Waals surface area contributed by atoms with E-state index in [1.165, 1.54) is 7.11 Å². The van der Waals surface area contributed by atoms with Crippen molar-refractivity contribution in [2.45, 2.75) is 40.2 Å². The van der Waals surface area contributed by atoms with Gasteiger partial charge in [0.25, 0.3) is 5.91 Å². The molecule has 0 aromatic heterocycles. The molecule has 0 heterocycles. The fourth-order valence-electron chi connectivity index (χ4n) is 2.18. The zero-order valence-electron chi connectivity index (χ0n) is 12.8. The Labute approximate surface area is 120 Å². The second kappa shape index (κ2) is 7.08. The van der Waals surface area contributed by atoms with Crippen LogP contribution in [0.15, 0.2) is 18.2 Å². The predicted molar refractivity (Wildman–Crippen MR) is 78.6 cm³/mol. The largest absolute Gasteiger partial charge is 0.467 e. The Hall–Kier alpha value is -1.84. The van der Waals surface area contributed by atoms with E-state index < -0.39 is 12.0 Å². The summed E-state index contributed by atoms with van der Waals surface area (Å²) in [6.45, 7) is 7.88. The first-order valence-electron chi connectivity index (χ1n) is 6.80. The highest BCUT2D eigenvalue weighted by Crippen LogP contribution is 2.11. The minimum Gasteiger partial charge on any atom is -0.467 e. The van der Waals surface area contributed by atoms with Crippen molar-refractivity contribution in [3.05, 3.63) is 34.9 Å². The van der Waals surface area contributed by atoms with Gasteiger partial charge in [0.1, 0.15) is 6.04 Å². The molecule has 110 valence electrons. The van der Waals surface area contributed by atoms with Gasteiger partial charge in [0.2, 0.25) is 0 Å². The number of carbonyl (C=O) groups is 2. The summed E-state index contributed by atoms with van der Waals surface area (Å²) in [5.74, 6) is -0.358. The summed E-state index contributed by atoms with van der Waals surface area (Å²) in [5, 5.41) is 2.76. The maximum absolute atomic E-state index is 12.2. The quantitative estimate of drug-likeness (QED) is 0.842. The number of benzene rings is 1. The van der Waals surface area contributed by atoms with Crippen LogP contribution in [-0.4, -0.2) is 25.0 Å². The van der Waals surface area contributed by atoms with E-state index in [0.717, 1.165) is 11.1 Å². The minimum absolute atomic E-state index is 0.243. The molecule has 0 saturated heterocycles. The van der Waals surface area contributed by atoms with E-state index in [1.807, 2.05) is 45.9 Å². The normalized spacial score (nSPS) is 12.1. The number of ether oxygens (including phenoxy) is 1. The smallest absolute Gasteiger partial charge is 0.328 e. The summed E-state index contributed by atoms with van der Waals surface area (Å²) in [4.78, 5) is 24.0. The number of hydrogen-bond donors (Lipinski definition) is 1. The van der Waals surface area contributed by atoms with Gasteiger partial charge in [0.05, 0.1) is 7.11 Å². The Balaban J connectivity index is 2.87. The highest BCUT2D eigenvalue weighted by molar-refractivity contribution is 5.97. The van der Waals surface area contributed by atoms with E-state index >= 15 is 0 Å². The van der Waals surface area contributed by atoms with Gasteiger partial charge in [-0.15, -0.1) is 0 Å². The molecule has 0 spiro atoms. The van der Waals surface area contributed by atoms with Crippen LogP contribution in [0.25, 0.3) is 0 Å². The summed E-state index contributed by atoms with van der Waals surface area (Å²) < 4.78 is 4.74. The van der Waals surface area contributed by atoms with Crippen LogP contribution < -0.4 is 5.32 Å². The van der Waals surface area contributed by atoms with Gasteiger partial charge in [0.15, 0.2) is 0 Å². The summed E-state index contributed by atoms with van der Waals surface area (Å²) in [5.41, 5.74) is 2.61. The van der Waals surface area contributed by atoms with Crippen LogP contribution in [0.2, 0.25) is 0 Å². The molecule has 4 nitrogen and oxygen atoms in total. The first kappa shape index (κ1) is 16.2. The topological polar surface area (TPSA) is 55.4 Å². The maximum Gasteiger partial charge on any atom is 0.328 e. The third kappa shape index (κ3) is 4.68. The van der Waals surface area contributed by atoms with E-state index in [9.17, 15) is 9.59 Å². The predicted octanol–water partition coefficient (Wildman–Crippen LogP) is 2.62. The van der Waals surface area contributed by atoms with Gasteiger partial charge in [-0.3, -0.25) is 4.79 Å². The molecule has 1 aromatic rings. The van der Waals surface area contributed by atoms with Crippen LogP contribution >= 0.6 is 0 Å². The van der Waals surface area contributed by atoms with Gasteiger partial charge in [-0.25, -0.2) is 4.79 Å². The number of esters is 1. The fourth-order valence-corrected chi connectivity index (χ4v) is 2.18. The van der Waals surface area contributed by atoms with Crippen LogP contribution in [0.5, 0.6) is 0 Å². The average molecular weight is 277 g/mol. The van der Waals surface area contributed by atoms with Crippen molar-refractivity contribution in [2.24, 2.45) is 5.92 Å². The maximum atomic E-state index is 12.2. The number of rotatable bonds is 5. The van der Waals surface area contributed by atoms with E-state index in [1.54, 1.807) is 0 Å². The van der Waals surface area contributed by atoms with E-state index in [2.05, 4.69) is 5.32 Å². The number of amides is 1. The van der Waals surface area contributed by atoms with Crippen molar-refractivity contribution < 1.29 is 14.3 Å². The summed E-state index contributed by atoms with van der Waals surface area (Å²) >= 11 is 0. The number of carbonyl (C=O) groups excluding carboxylic acids is 2. The third-order valence-electron chi connectivity index (χ3n) is 2.98. The molecular weight excluding hydrogens is 254 g/mol. The molecule has 0 saturated carbocycles. The van der Waals surface area contributed by atoms with E-state index in [-0.39, 0.29) is 5.91 Å². The second-order valence-corrected chi connectivity index (χ2v) is 5.56. The summed E-state index contributed by atoms with van der Waals surface area (Å²) in [6.07, 6.45) is 0.559. The Bertz CT molecular complexity index is 474.